The van der Waals surface area contributed by atoms with Crippen molar-refractivity contribution in [2.24, 2.45) is 0 Å². The third kappa shape index (κ3) is 2.69. The fourth-order valence-electron chi connectivity index (χ4n) is 2.70. The van der Waals surface area contributed by atoms with Crippen LogP contribution in [0.4, 0.5) is 0 Å². The molecule has 0 fully saturated rings. The maximum absolute atomic E-state index is 5.84. The molecule has 0 radical (unpaired) electrons. The molecule has 108 valence electrons. The number of hydrogen-bond donors (Lipinski definition) is 1. The Bertz CT molecular complexity index is 728. The molecule has 3 nitrogen and oxygen atoms in total. The van der Waals surface area contributed by atoms with Crippen molar-refractivity contribution >= 4 is 11.1 Å². The molecular weight excluding hydrogens is 260 g/mol. The predicted octanol–water partition coefficient (Wildman–Crippen LogP) is 3.95. The molecule has 0 spiro atoms. The predicted molar refractivity (Wildman–Crippen MR) is 85.4 cm³/mol. The molecule has 21 heavy (non-hydrogen) atoms. The number of aromatic nitrogens is 1. The molecule has 3 rings (SSSR count). The molecule has 0 aliphatic heterocycles. The zero-order valence-electron chi connectivity index (χ0n) is 12.7. The Hall–Kier alpha value is -2.13. The van der Waals surface area contributed by atoms with Gasteiger partial charge in [-0.15, -0.1) is 0 Å². The summed E-state index contributed by atoms with van der Waals surface area (Å²) in [6.07, 6.45) is 0.746. The molecule has 1 aromatic heterocycles. The minimum atomic E-state index is 0.206. The van der Waals surface area contributed by atoms with Crippen molar-refractivity contribution in [3.63, 3.8) is 0 Å². The van der Waals surface area contributed by atoms with E-state index in [0.29, 0.717) is 0 Å². The monoisotopic (exact) mass is 280 g/mol. The Morgan fingerprint density at radius 3 is 2.67 bits per heavy atom. The lowest BCUT2D eigenvalue weighted by Crippen LogP contribution is -2.20. The second-order valence-corrected chi connectivity index (χ2v) is 5.41. The Balaban J connectivity index is 1.92. The molecule has 0 saturated heterocycles. The fourth-order valence-corrected chi connectivity index (χ4v) is 2.70. The van der Waals surface area contributed by atoms with Gasteiger partial charge in [0.05, 0.1) is 0 Å². The van der Waals surface area contributed by atoms with Crippen molar-refractivity contribution in [2.45, 2.75) is 26.3 Å². The van der Waals surface area contributed by atoms with Crippen LogP contribution in [0.3, 0.4) is 0 Å². The van der Waals surface area contributed by atoms with Gasteiger partial charge in [0, 0.05) is 12.5 Å². The molecule has 3 heteroatoms. The zero-order chi connectivity index (χ0) is 14.8. The highest BCUT2D eigenvalue weighted by Gasteiger charge is 2.16. The summed E-state index contributed by atoms with van der Waals surface area (Å²) in [5, 5.41) is 3.38. The van der Waals surface area contributed by atoms with Crippen LogP contribution in [0.2, 0.25) is 0 Å². The van der Waals surface area contributed by atoms with Gasteiger partial charge >= 0.3 is 0 Å². The number of likely N-dealkylation sites (N-methyl/N-ethyl adjacent to an activating group) is 1. The third-order valence-electron chi connectivity index (χ3n) is 4.09. The highest BCUT2D eigenvalue weighted by molar-refractivity contribution is 5.72. The van der Waals surface area contributed by atoms with E-state index in [1.54, 1.807) is 0 Å². The SMILES string of the molecule is CNC(Cc1nc2ccccc2o1)c1cccc(C)c1C. The smallest absolute Gasteiger partial charge is 0.197 e. The van der Waals surface area contributed by atoms with Gasteiger partial charge in [-0.2, -0.15) is 0 Å². The number of nitrogens with zero attached hydrogens (tertiary/aromatic N) is 1. The number of para-hydroxylation sites is 2. The molecule has 2 aromatic carbocycles. The molecule has 0 aliphatic rings. The zero-order valence-corrected chi connectivity index (χ0v) is 12.7. The lowest BCUT2D eigenvalue weighted by molar-refractivity contribution is 0.473. The van der Waals surface area contributed by atoms with Gasteiger partial charge < -0.3 is 9.73 Å². The maximum atomic E-state index is 5.84. The van der Waals surface area contributed by atoms with E-state index in [-0.39, 0.29) is 6.04 Å². The van der Waals surface area contributed by atoms with Gasteiger partial charge in [-0.1, -0.05) is 30.3 Å². The van der Waals surface area contributed by atoms with Gasteiger partial charge in [0.15, 0.2) is 11.5 Å². The molecular formula is C18H20N2O. The van der Waals surface area contributed by atoms with E-state index >= 15 is 0 Å². The lowest BCUT2D eigenvalue weighted by atomic mass is 9.95. The van der Waals surface area contributed by atoms with Gasteiger partial charge in [0.2, 0.25) is 0 Å². The molecule has 0 bridgehead atoms. The van der Waals surface area contributed by atoms with E-state index in [0.717, 1.165) is 23.4 Å². The van der Waals surface area contributed by atoms with E-state index < -0.39 is 0 Å². The second kappa shape index (κ2) is 5.70. The summed E-state index contributed by atoms with van der Waals surface area (Å²) in [6.45, 7) is 4.31. The first kappa shape index (κ1) is 13.8. The highest BCUT2D eigenvalue weighted by Crippen LogP contribution is 2.25. The van der Waals surface area contributed by atoms with Crippen molar-refractivity contribution in [1.29, 1.82) is 0 Å². The molecule has 0 aliphatic carbocycles. The fraction of sp³-hybridized carbons (Fsp3) is 0.278. The molecule has 0 amide bonds. The van der Waals surface area contributed by atoms with Gasteiger partial charge in [0.25, 0.3) is 0 Å². The van der Waals surface area contributed by atoms with Crippen molar-refractivity contribution in [3.8, 4) is 0 Å². The van der Waals surface area contributed by atoms with Crippen LogP contribution < -0.4 is 5.32 Å². The molecule has 3 aromatic rings. The average molecular weight is 280 g/mol. The topological polar surface area (TPSA) is 38.1 Å². The first-order valence-corrected chi connectivity index (χ1v) is 7.27. The summed E-state index contributed by atoms with van der Waals surface area (Å²) in [6, 6.07) is 14.5. The number of benzene rings is 2. The maximum Gasteiger partial charge on any atom is 0.197 e. The van der Waals surface area contributed by atoms with Crippen molar-refractivity contribution < 1.29 is 4.42 Å². The summed E-state index contributed by atoms with van der Waals surface area (Å²) in [4.78, 5) is 4.57. The normalized spacial score (nSPS) is 12.7. The van der Waals surface area contributed by atoms with Crippen molar-refractivity contribution in [1.82, 2.24) is 10.3 Å². The largest absolute Gasteiger partial charge is 0.441 e. The number of rotatable bonds is 4. The van der Waals surface area contributed by atoms with Crippen LogP contribution in [-0.4, -0.2) is 12.0 Å². The molecule has 1 N–H and O–H groups in total. The number of oxazole rings is 1. The Labute approximate surface area is 125 Å². The van der Waals surface area contributed by atoms with Crippen LogP contribution in [0.1, 0.15) is 28.6 Å². The average Bonchev–Trinajstić information content (AvgIpc) is 2.90. The summed E-state index contributed by atoms with van der Waals surface area (Å²) in [7, 11) is 1.98. The molecule has 0 saturated carbocycles. The Morgan fingerprint density at radius 1 is 1.10 bits per heavy atom. The first-order chi connectivity index (χ1) is 10.2. The summed E-state index contributed by atoms with van der Waals surface area (Å²) in [5.74, 6) is 0.774. The minimum absolute atomic E-state index is 0.206. The van der Waals surface area contributed by atoms with Crippen LogP contribution in [-0.2, 0) is 6.42 Å². The van der Waals surface area contributed by atoms with Gasteiger partial charge in [-0.25, -0.2) is 4.98 Å². The van der Waals surface area contributed by atoms with Crippen LogP contribution in [0.25, 0.3) is 11.1 Å². The van der Waals surface area contributed by atoms with Crippen LogP contribution >= 0.6 is 0 Å². The summed E-state index contributed by atoms with van der Waals surface area (Å²) < 4.78 is 5.84. The number of fused-ring (bicyclic) bond motifs is 1. The molecule has 1 heterocycles. The van der Waals surface area contributed by atoms with E-state index in [4.69, 9.17) is 4.42 Å². The minimum Gasteiger partial charge on any atom is -0.441 e. The number of hydrogen-bond acceptors (Lipinski definition) is 3. The van der Waals surface area contributed by atoms with E-state index in [1.807, 2.05) is 31.3 Å². The lowest BCUT2D eigenvalue weighted by Gasteiger charge is -2.18. The van der Waals surface area contributed by atoms with Gasteiger partial charge in [-0.3, -0.25) is 0 Å². The van der Waals surface area contributed by atoms with Crippen LogP contribution in [0.5, 0.6) is 0 Å². The summed E-state index contributed by atoms with van der Waals surface area (Å²) >= 11 is 0. The van der Waals surface area contributed by atoms with Crippen molar-refractivity contribution in [2.75, 3.05) is 7.05 Å². The van der Waals surface area contributed by atoms with Crippen LogP contribution in [0.15, 0.2) is 46.9 Å². The Morgan fingerprint density at radius 2 is 1.90 bits per heavy atom. The first-order valence-electron chi connectivity index (χ1n) is 7.27. The number of aryl methyl sites for hydroxylation is 1. The van der Waals surface area contributed by atoms with Gasteiger partial charge in [-0.05, 0) is 49.7 Å². The van der Waals surface area contributed by atoms with E-state index in [9.17, 15) is 0 Å². The van der Waals surface area contributed by atoms with Crippen LogP contribution in [0, 0.1) is 13.8 Å². The Kier molecular flexibility index (Phi) is 3.76. The molecule has 1 unspecified atom stereocenters. The van der Waals surface area contributed by atoms with Gasteiger partial charge in [0.1, 0.15) is 5.52 Å². The molecule has 1 atom stereocenters. The summed E-state index contributed by atoms with van der Waals surface area (Å²) in [5.41, 5.74) is 5.71. The second-order valence-electron chi connectivity index (χ2n) is 5.41. The standard InChI is InChI=1S/C18H20N2O/c1-12-7-6-8-14(13(12)2)16(19-3)11-18-20-15-9-4-5-10-17(15)21-18/h4-10,16,19H,11H2,1-3H3. The highest BCUT2D eigenvalue weighted by atomic mass is 16.3. The quantitative estimate of drug-likeness (QED) is 0.786. The van der Waals surface area contributed by atoms with E-state index in [2.05, 4.69) is 42.3 Å². The third-order valence-corrected chi connectivity index (χ3v) is 4.09. The van der Waals surface area contributed by atoms with E-state index in [1.165, 1.54) is 16.7 Å². The number of nitrogens with one attached hydrogen (secondary N) is 1. The van der Waals surface area contributed by atoms with Crippen molar-refractivity contribution in [3.05, 3.63) is 65.0 Å².